The zero-order chi connectivity index (χ0) is 13.1. The van der Waals surface area contributed by atoms with E-state index >= 15 is 0 Å². The minimum atomic E-state index is -0.209. The summed E-state index contributed by atoms with van der Waals surface area (Å²) >= 11 is 0. The summed E-state index contributed by atoms with van der Waals surface area (Å²) < 4.78 is 10.5. The molecule has 0 bridgehead atoms. The average Bonchev–Trinajstić information content (AvgIpc) is 2.41. The number of benzene rings is 1. The molecule has 5 nitrogen and oxygen atoms in total. The van der Waals surface area contributed by atoms with Crippen molar-refractivity contribution in [3.05, 3.63) is 30.3 Å². The molecule has 99 valence electrons. The lowest BCUT2D eigenvalue weighted by molar-refractivity contribution is 0.149. The number of hydrogen-bond donors (Lipinski definition) is 2. The third-order valence-corrected chi connectivity index (χ3v) is 2.08. The van der Waals surface area contributed by atoms with Gasteiger partial charge in [-0.15, -0.1) is 0 Å². The number of urea groups is 1. The Morgan fingerprint density at radius 2 is 1.89 bits per heavy atom. The first-order valence-electron chi connectivity index (χ1n) is 6.01. The highest BCUT2D eigenvalue weighted by Gasteiger charge is 1.98. The second-order valence-corrected chi connectivity index (χ2v) is 3.46. The largest absolute Gasteiger partial charge is 0.492 e. The lowest BCUT2D eigenvalue weighted by Gasteiger charge is -2.08. The molecule has 1 aromatic carbocycles. The molecule has 0 unspecified atom stereocenters. The van der Waals surface area contributed by atoms with Gasteiger partial charge in [-0.1, -0.05) is 12.1 Å². The Morgan fingerprint density at radius 3 is 2.56 bits per heavy atom. The minimum absolute atomic E-state index is 0.209. The highest BCUT2D eigenvalue weighted by atomic mass is 16.5. The number of carbonyl (C=O) groups is 1. The molecule has 18 heavy (non-hydrogen) atoms. The molecule has 0 spiro atoms. The number of amides is 2. The number of rotatable bonds is 8. The van der Waals surface area contributed by atoms with E-state index in [4.69, 9.17) is 9.47 Å². The maximum atomic E-state index is 11.3. The smallest absolute Gasteiger partial charge is 0.314 e. The molecule has 2 amide bonds. The molecule has 0 aliphatic carbocycles. The molecule has 0 saturated carbocycles. The minimum Gasteiger partial charge on any atom is -0.492 e. The Bertz CT molecular complexity index is 330. The zero-order valence-electron chi connectivity index (χ0n) is 10.6. The standard InChI is InChI=1S/C13H19N2O3/c1-2-17-10-8-14-13(16)15-9-11-18-12-6-4-3-5-7-12/h4-7H,2,8-11H2,1H3,(H2,14,15,16). The van der Waals surface area contributed by atoms with Crippen molar-refractivity contribution in [3.63, 3.8) is 0 Å². The fraction of sp³-hybridized carbons (Fsp3) is 0.462. The SMILES string of the molecule is CCOCCNC(=O)NCCOc1cc[c]cc1. The van der Waals surface area contributed by atoms with E-state index in [9.17, 15) is 4.79 Å². The predicted molar refractivity (Wildman–Crippen MR) is 68.7 cm³/mol. The topological polar surface area (TPSA) is 59.6 Å². The van der Waals surface area contributed by atoms with E-state index in [-0.39, 0.29) is 6.03 Å². The van der Waals surface area contributed by atoms with Crippen LogP contribution in [-0.4, -0.2) is 38.9 Å². The summed E-state index contributed by atoms with van der Waals surface area (Å²) in [5.74, 6) is 0.771. The van der Waals surface area contributed by atoms with Gasteiger partial charge in [-0.25, -0.2) is 4.79 Å². The second kappa shape index (κ2) is 9.30. The van der Waals surface area contributed by atoms with Gasteiger partial charge in [0.2, 0.25) is 0 Å². The third-order valence-electron chi connectivity index (χ3n) is 2.08. The highest BCUT2D eigenvalue weighted by Crippen LogP contribution is 2.06. The Hall–Kier alpha value is -1.75. The third kappa shape index (κ3) is 6.75. The van der Waals surface area contributed by atoms with E-state index in [1.807, 2.05) is 19.1 Å². The van der Waals surface area contributed by atoms with E-state index in [0.29, 0.717) is 32.9 Å². The van der Waals surface area contributed by atoms with Gasteiger partial charge in [0.25, 0.3) is 0 Å². The maximum absolute atomic E-state index is 11.3. The van der Waals surface area contributed by atoms with E-state index in [1.54, 1.807) is 12.1 Å². The molecule has 5 heteroatoms. The fourth-order valence-electron chi connectivity index (χ4n) is 1.24. The monoisotopic (exact) mass is 251 g/mol. The van der Waals surface area contributed by atoms with E-state index < -0.39 is 0 Å². The van der Waals surface area contributed by atoms with Crippen LogP contribution in [0.2, 0.25) is 0 Å². The van der Waals surface area contributed by atoms with Crippen molar-refractivity contribution in [2.75, 3.05) is 32.9 Å². The summed E-state index contributed by atoms with van der Waals surface area (Å²) in [5.41, 5.74) is 0. The van der Waals surface area contributed by atoms with E-state index in [1.165, 1.54) is 0 Å². The molecule has 2 N–H and O–H groups in total. The molecular weight excluding hydrogens is 232 g/mol. The van der Waals surface area contributed by atoms with Crippen molar-refractivity contribution in [1.82, 2.24) is 10.6 Å². The van der Waals surface area contributed by atoms with Gasteiger partial charge in [-0.3, -0.25) is 0 Å². The Morgan fingerprint density at radius 1 is 1.22 bits per heavy atom. The van der Waals surface area contributed by atoms with Gasteiger partial charge < -0.3 is 20.1 Å². The highest BCUT2D eigenvalue weighted by molar-refractivity contribution is 5.73. The van der Waals surface area contributed by atoms with Gasteiger partial charge in [-0.2, -0.15) is 0 Å². The Labute approximate surface area is 107 Å². The molecule has 1 aromatic rings. The molecule has 0 aromatic heterocycles. The van der Waals surface area contributed by atoms with Crippen LogP contribution in [0, 0.1) is 6.07 Å². The van der Waals surface area contributed by atoms with E-state index in [0.717, 1.165) is 5.75 Å². The lowest BCUT2D eigenvalue weighted by Crippen LogP contribution is -2.39. The van der Waals surface area contributed by atoms with Crippen LogP contribution in [-0.2, 0) is 4.74 Å². The van der Waals surface area contributed by atoms with Gasteiger partial charge in [0.05, 0.1) is 13.2 Å². The van der Waals surface area contributed by atoms with Gasteiger partial charge in [0, 0.05) is 13.2 Å². The van der Waals surface area contributed by atoms with Crippen LogP contribution in [0.15, 0.2) is 24.3 Å². The summed E-state index contributed by atoms with van der Waals surface area (Å²) in [5, 5.41) is 5.37. The Kier molecular flexibility index (Phi) is 7.39. The van der Waals surface area contributed by atoms with E-state index in [2.05, 4.69) is 16.7 Å². The normalized spacial score (nSPS) is 9.83. The molecule has 0 aliphatic heterocycles. The van der Waals surface area contributed by atoms with Crippen LogP contribution < -0.4 is 15.4 Å². The first-order valence-corrected chi connectivity index (χ1v) is 6.01. The van der Waals surface area contributed by atoms with Crippen molar-refractivity contribution < 1.29 is 14.3 Å². The number of ether oxygens (including phenoxy) is 2. The van der Waals surface area contributed by atoms with Crippen LogP contribution in [0.25, 0.3) is 0 Å². The number of nitrogens with one attached hydrogen (secondary N) is 2. The summed E-state index contributed by atoms with van der Waals surface area (Å²) in [6.07, 6.45) is 0. The van der Waals surface area contributed by atoms with Crippen LogP contribution >= 0.6 is 0 Å². The Balaban J connectivity index is 1.99. The van der Waals surface area contributed by atoms with Gasteiger partial charge in [0.1, 0.15) is 12.4 Å². The van der Waals surface area contributed by atoms with Crippen molar-refractivity contribution in [3.8, 4) is 5.75 Å². The molecule has 0 saturated heterocycles. The zero-order valence-corrected chi connectivity index (χ0v) is 10.6. The quantitative estimate of drug-likeness (QED) is 0.683. The van der Waals surface area contributed by atoms with Crippen LogP contribution in [0.4, 0.5) is 4.79 Å². The molecule has 0 aliphatic rings. The number of hydrogen-bond acceptors (Lipinski definition) is 3. The van der Waals surface area contributed by atoms with Crippen molar-refractivity contribution in [2.45, 2.75) is 6.92 Å². The van der Waals surface area contributed by atoms with Gasteiger partial charge in [-0.05, 0) is 25.1 Å². The summed E-state index contributed by atoms with van der Waals surface area (Å²) in [6.45, 7) is 4.50. The van der Waals surface area contributed by atoms with Gasteiger partial charge >= 0.3 is 6.03 Å². The molecule has 0 atom stereocenters. The van der Waals surface area contributed by atoms with Crippen molar-refractivity contribution >= 4 is 6.03 Å². The molecule has 0 heterocycles. The van der Waals surface area contributed by atoms with Gasteiger partial charge in [0.15, 0.2) is 0 Å². The van der Waals surface area contributed by atoms with Crippen LogP contribution in [0.5, 0.6) is 5.75 Å². The summed E-state index contributed by atoms with van der Waals surface area (Å²) in [7, 11) is 0. The summed E-state index contributed by atoms with van der Waals surface area (Å²) in [6, 6.07) is 9.90. The fourth-order valence-corrected chi connectivity index (χ4v) is 1.24. The molecule has 1 rings (SSSR count). The van der Waals surface area contributed by atoms with Crippen molar-refractivity contribution in [1.29, 1.82) is 0 Å². The first-order chi connectivity index (χ1) is 8.83. The molecule has 1 radical (unpaired) electrons. The van der Waals surface area contributed by atoms with Crippen LogP contribution in [0.3, 0.4) is 0 Å². The van der Waals surface area contributed by atoms with Crippen LogP contribution in [0.1, 0.15) is 6.92 Å². The van der Waals surface area contributed by atoms with Crippen molar-refractivity contribution in [2.24, 2.45) is 0 Å². The first kappa shape index (κ1) is 14.3. The summed E-state index contributed by atoms with van der Waals surface area (Å²) in [4.78, 5) is 11.3. The number of carbonyl (C=O) groups excluding carboxylic acids is 1. The maximum Gasteiger partial charge on any atom is 0.314 e. The molecule has 0 fully saturated rings. The lowest BCUT2D eigenvalue weighted by atomic mass is 10.3. The average molecular weight is 251 g/mol. The predicted octanol–water partition coefficient (Wildman–Crippen LogP) is 1.20. The second-order valence-electron chi connectivity index (χ2n) is 3.46. The molecular formula is C13H19N2O3.